The Kier molecular flexibility index (Phi) is 8.64. The van der Waals surface area contributed by atoms with E-state index in [1.54, 1.807) is 6.07 Å². The number of hydrogen-bond donors (Lipinski definition) is 2. The number of nitrogens with one attached hydrogen (secondary N) is 2. The summed E-state index contributed by atoms with van der Waals surface area (Å²) < 4.78 is 5.54. The van der Waals surface area contributed by atoms with E-state index in [1.807, 2.05) is 30.3 Å². The van der Waals surface area contributed by atoms with Crippen molar-refractivity contribution in [3.8, 4) is 11.4 Å². The standard InChI is InChI=1S/C32H41N5O3/c1-32(2,3)24-15-13-22(14-16-24)29-35-28(40-36-29)21-37-19-17-23(18-20-37)30(38)34-27-12-8-7-11-26(27)31(39)33-25-9-5-4-6-10-25/h7-8,11-16,23,25H,4-6,9-10,17-21H2,1-3H3,(H,33,39)(H,34,38). The van der Waals surface area contributed by atoms with Crippen LogP contribution >= 0.6 is 0 Å². The Morgan fingerprint density at radius 1 is 0.950 bits per heavy atom. The predicted molar refractivity (Wildman–Crippen MR) is 156 cm³/mol. The summed E-state index contributed by atoms with van der Waals surface area (Å²) in [5, 5.41) is 10.4. The molecule has 2 amide bonds. The number of benzene rings is 2. The Morgan fingerprint density at radius 3 is 2.35 bits per heavy atom. The molecular formula is C32H41N5O3. The van der Waals surface area contributed by atoms with Gasteiger partial charge in [-0.15, -0.1) is 0 Å². The summed E-state index contributed by atoms with van der Waals surface area (Å²) in [4.78, 5) is 33.0. The van der Waals surface area contributed by atoms with E-state index in [9.17, 15) is 9.59 Å². The molecule has 1 aliphatic carbocycles. The Morgan fingerprint density at radius 2 is 1.65 bits per heavy atom. The Balaban J connectivity index is 1.12. The van der Waals surface area contributed by atoms with Crippen molar-refractivity contribution in [1.29, 1.82) is 0 Å². The summed E-state index contributed by atoms with van der Waals surface area (Å²) in [6, 6.07) is 15.8. The average molecular weight is 544 g/mol. The SMILES string of the molecule is CC(C)(C)c1ccc(-c2noc(CN3CCC(C(=O)Nc4ccccc4C(=O)NC4CCCCC4)CC3)n2)cc1. The van der Waals surface area contributed by atoms with Crippen molar-refractivity contribution >= 4 is 17.5 Å². The summed E-state index contributed by atoms with van der Waals surface area (Å²) in [6.45, 7) is 8.66. The van der Waals surface area contributed by atoms with Gasteiger partial charge in [-0.1, -0.05) is 81.6 Å². The third-order valence-corrected chi connectivity index (χ3v) is 8.16. The molecular weight excluding hydrogens is 502 g/mol. The van der Waals surface area contributed by atoms with E-state index in [2.05, 4.69) is 58.6 Å². The molecule has 212 valence electrons. The molecule has 8 nitrogen and oxygen atoms in total. The van der Waals surface area contributed by atoms with E-state index in [0.717, 1.165) is 57.2 Å². The topological polar surface area (TPSA) is 100 Å². The Bertz CT molecular complexity index is 1300. The van der Waals surface area contributed by atoms with Gasteiger partial charge in [0.25, 0.3) is 5.91 Å². The van der Waals surface area contributed by atoms with Crippen molar-refractivity contribution < 1.29 is 14.1 Å². The molecule has 0 radical (unpaired) electrons. The molecule has 3 aromatic rings. The maximum Gasteiger partial charge on any atom is 0.253 e. The van der Waals surface area contributed by atoms with Gasteiger partial charge < -0.3 is 15.2 Å². The monoisotopic (exact) mass is 543 g/mol. The largest absolute Gasteiger partial charge is 0.349 e. The molecule has 40 heavy (non-hydrogen) atoms. The summed E-state index contributed by atoms with van der Waals surface area (Å²) in [6.07, 6.45) is 7.06. The van der Waals surface area contributed by atoms with Crippen molar-refractivity contribution in [3.05, 3.63) is 65.5 Å². The lowest BCUT2D eigenvalue weighted by Gasteiger charge is -2.30. The van der Waals surface area contributed by atoms with Crippen LogP contribution in [0.15, 0.2) is 53.1 Å². The van der Waals surface area contributed by atoms with E-state index in [0.29, 0.717) is 29.5 Å². The number of para-hydroxylation sites is 1. The first-order valence-electron chi connectivity index (χ1n) is 14.6. The highest BCUT2D eigenvalue weighted by atomic mass is 16.5. The quantitative estimate of drug-likeness (QED) is 0.382. The van der Waals surface area contributed by atoms with Gasteiger partial charge in [0.15, 0.2) is 0 Å². The fourth-order valence-electron chi connectivity index (χ4n) is 5.64. The van der Waals surface area contributed by atoms with E-state index in [1.165, 1.54) is 12.0 Å². The van der Waals surface area contributed by atoms with Crippen LogP contribution in [-0.2, 0) is 16.8 Å². The molecule has 2 fully saturated rings. The van der Waals surface area contributed by atoms with Gasteiger partial charge in [0, 0.05) is 17.5 Å². The molecule has 5 rings (SSSR count). The molecule has 2 N–H and O–H groups in total. The Labute approximate surface area is 236 Å². The van der Waals surface area contributed by atoms with Crippen LogP contribution in [0.1, 0.15) is 87.5 Å². The van der Waals surface area contributed by atoms with Crippen molar-refractivity contribution in [3.63, 3.8) is 0 Å². The first-order chi connectivity index (χ1) is 19.3. The first-order valence-corrected chi connectivity index (χ1v) is 14.6. The summed E-state index contributed by atoms with van der Waals surface area (Å²) in [5.74, 6) is 0.926. The van der Waals surface area contributed by atoms with Gasteiger partial charge in [0.05, 0.1) is 17.8 Å². The highest BCUT2D eigenvalue weighted by Crippen LogP contribution is 2.26. The molecule has 2 heterocycles. The van der Waals surface area contributed by atoms with E-state index < -0.39 is 0 Å². The molecule has 1 saturated heterocycles. The average Bonchev–Trinajstić information content (AvgIpc) is 3.42. The van der Waals surface area contributed by atoms with Crippen molar-refractivity contribution in [2.24, 2.45) is 5.92 Å². The van der Waals surface area contributed by atoms with Gasteiger partial charge in [-0.25, -0.2) is 0 Å². The molecule has 1 aromatic heterocycles. The number of likely N-dealkylation sites (tertiary alicyclic amines) is 1. The number of hydrogen-bond acceptors (Lipinski definition) is 6. The van der Waals surface area contributed by atoms with Crippen LogP contribution in [0.2, 0.25) is 0 Å². The second-order valence-corrected chi connectivity index (χ2v) is 12.2. The van der Waals surface area contributed by atoms with E-state index in [-0.39, 0.29) is 29.2 Å². The zero-order chi connectivity index (χ0) is 28.1. The highest BCUT2D eigenvalue weighted by Gasteiger charge is 2.27. The third kappa shape index (κ3) is 6.97. The lowest BCUT2D eigenvalue weighted by Crippen LogP contribution is -2.38. The molecule has 0 bridgehead atoms. The minimum atomic E-state index is -0.110. The number of aromatic nitrogens is 2. The normalized spacial score (nSPS) is 17.5. The zero-order valence-corrected chi connectivity index (χ0v) is 23.9. The molecule has 1 aliphatic heterocycles. The molecule has 2 aromatic carbocycles. The lowest BCUT2D eigenvalue weighted by atomic mass is 9.87. The molecule has 0 spiro atoms. The Hall–Kier alpha value is -3.52. The van der Waals surface area contributed by atoms with Gasteiger partial charge in [-0.3, -0.25) is 14.5 Å². The number of carbonyl (C=O) groups is 2. The number of carbonyl (C=O) groups excluding carboxylic acids is 2. The zero-order valence-electron chi connectivity index (χ0n) is 23.9. The summed E-state index contributed by atoms with van der Waals surface area (Å²) in [7, 11) is 0. The van der Waals surface area contributed by atoms with Gasteiger partial charge in [0.1, 0.15) is 0 Å². The number of rotatable bonds is 7. The van der Waals surface area contributed by atoms with Crippen molar-refractivity contribution in [2.45, 2.75) is 83.7 Å². The smallest absolute Gasteiger partial charge is 0.253 e. The second-order valence-electron chi connectivity index (χ2n) is 12.2. The van der Waals surface area contributed by atoms with Crippen LogP contribution in [0.3, 0.4) is 0 Å². The van der Waals surface area contributed by atoms with Gasteiger partial charge in [0.2, 0.25) is 17.6 Å². The van der Waals surface area contributed by atoms with Crippen LogP contribution in [0.25, 0.3) is 11.4 Å². The number of amides is 2. The number of piperidine rings is 1. The summed E-state index contributed by atoms with van der Waals surface area (Å²) in [5.41, 5.74) is 3.40. The molecule has 0 unspecified atom stereocenters. The second kappa shape index (κ2) is 12.3. The number of nitrogens with zero attached hydrogens (tertiary/aromatic N) is 3. The van der Waals surface area contributed by atoms with Crippen LogP contribution in [0.5, 0.6) is 0 Å². The van der Waals surface area contributed by atoms with Gasteiger partial charge in [-0.2, -0.15) is 4.98 Å². The summed E-state index contributed by atoms with van der Waals surface area (Å²) >= 11 is 0. The minimum absolute atomic E-state index is 0.0312. The fraction of sp³-hybridized carbons (Fsp3) is 0.500. The molecule has 2 aliphatic rings. The molecule has 1 saturated carbocycles. The van der Waals surface area contributed by atoms with Crippen LogP contribution in [0, 0.1) is 5.92 Å². The maximum atomic E-state index is 13.1. The van der Waals surface area contributed by atoms with Crippen molar-refractivity contribution in [1.82, 2.24) is 20.4 Å². The molecule has 0 atom stereocenters. The van der Waals surface area contributed by atoms with Gasteiger partial charge in [-0.05, 0) is 61.9 Å². The van der Waals surface area contributed by atoms with E-state index in [4.69, 9.17) is 4.52 Å². The third-order valence-electron chi connectivity index (χ3n) is 8.16. The number of anilines is 1. The predicted octanol–water partition coefficient (Wildman–Crippen LogP) is 5.95. The van der Waals surface area contributed by atoms with Gasteiger partial charge >= 0.3 is 0 Å². The van der Waals surface area contributed by atoms with Crippen LogP contribution in [0.4, 0.5) is 5.69 Å². The highest BCUT2D eigenvalue weighted by molar-refractivity contribution is 6.04. The minimum Gasteiger partial charge on any atom is -0.349 e. The lowest BCUT2D eigenvalue weighted by molar-refractivity contribution is -0.121. The fourth-order valence-corrected chi connectivity index (χ4v) is 5.64. The van der Waals surface area contributed by atoms with Crippen molar-refractivity contribution in [2.75, 3.05) is 18.4 Å². The van der Waals surface area contributed by atoms with E-state index >= 15 is 0 Å². The van der Waals surface area contributed by atoms with Crippen LogP contribution in [-0.4, -0.2) is 46.0 Å². The maximum absolute atomic E-state index is 13.1. The van der Waals surface area contributed by atoms with Crippen LogP contribution < -0.4 is 10.6 Å². The first kappa shape index (κ1) is 28.0. The molecule has 8 heteroatoms.